The molecule has 1 N–H and O–H groups in total. The van der Waals surface area contributed by atoms with E-state index in [0.717, 1.165) is 37.2 Å². The third-order valence-electron chi connectivity index (χ3n) is 5.07. The first-order chi connectivity index (χ1) is 13.3. The Hall–Kier alpha value is -2.50. The summed E-state index contributed by atoms with van der Waals surface area (Å²) >= 11 is 1.67. The maximum absolute atomic E-state index is 12.9. The van der Waals surface area contributed by atoms with Gasteiger partial charge < -0.3 is 10.1 Å². The number of carbonyl (C=O) groups is 1. The summed E-state index contributed by atoms with van der Waals surface area (Å²) in [5.41, 5.74) is 4.03. The molecule has 1 fully saturated rings. The number of ether oxygens (including phenoxy) is 1. The predicted molar refractivity (Wildman–Crippen MR) is 108 cm³/mol. The summed E-state index contributed by atoms with van der Waals surface area (Å²) < 4.78 is 5.50. The van der Waals surface area contributed by atoms with Crippen LogP contribution in [0.15, 0.2) is 65.6 Å². The summed E-state index contributed by atoms with van der Waals surface area (Å²) in [6.07, 6.45) is 5.49. The van der Waals surface area contributed by atoms with E-state index in [9.17, 15) is 4.79 Å². The molecule has 0 spiro atoms. The fourth-order valence-corrected chi connectivity index (χ4v) is 4.21. The van der Waals surface area contributed by atoms with Crippen molar-refractivity contribution < 1.29 is 9.53 Å². The van der Waals surface area contributed by atoms with Gasteiger partial charge in [-0.1, -0.05) is 18.2 Å². The van der Waals surface area contributed by atoms with Gasteiger partial charge in [-0.25, -0.2) is 0 Å². The number of thiophene rings is 1. The molecule has 0 radical (unpaired) electrons. The van der Waals surface area contributed by atoms with Crippen LogP contribution in [-0.2, 0) is 4.74 Å². The summed E-state index contributed by atoms with van der Waals surface area (Å²) in [5, 5.41) is 7.41. The monoisotopic (exact) mass is 378 g/mol. The van der Waals surface area contributed by atoms with Crippen LogP contribution >= 0.6 is 11.3 Å². The Bertz CT molecular complexity index is 857. The number of nitrogens with zero attached hydrogens (tertiary/aromatic N) is 1. The van der Waals surface area contributed by atoms with Gasteiger partial charge in [0.2, 0.25) is 0 Å². The van der Waals surface area contributed by atoms with E-state index in [4.69, 9.17) is 4.74 Å². The van der Waals surface area contributed by atoms with Crippen molar-refractivity contribution >= 4 is 17.2 Å². The Morgan fingerprint density at radius 2 is 1.93 bits per heavy atom. The molecule has 27 heavy (non-hydrogen) atoms. The summed E-state index contributed by atoms with van der Waals surface area (Å²) in [6.45, 7) is 1.49. The van der Waals surface area contributed by atoms with Gasteiger partial charge in [0.1, 0.15) is 0 Å². The standard InChI is InChI=1S/C22H22N2O2S/c25-22(18-5-3-16(4-6-18)20-9-13-27-15-20)24-21(17-7-11-26-12-8-17)19-2-1-10-23-14-19/h1-6,9-10,13-15,17,21H,7-8,11-12H2,(H,24,25). The van der Waals surface area contributed by atoms with Crippen molar-refractivity contribution in [3.8, 4) is 11.1 Å². The van der Waals surface area contributed by atoms with E-state index in [1.165, 1.54) is 5.56 Å². The van der Waals surface area contributed by atoms with Gasteiger partial charge in [-0.2, -0.15) is 11.3 Å². The molecule has 1 aliphatic rings. The third kappa shape index (κ3) is 4.26. The van der Waals surface area contributed by atoms with Crippen LogP contribution in [0.4, 0.5) is 0 Å². The van der Waals surface area contributed by atoms with Gasteiger partial charge in [0, 0.05) is 31.2 Å². The Kier molecular flexibility index (Phi) is 5.61. The van der Waals surface area contributed by atoms with E-state index in [-0.39, 0.29) is 11.9 Å². The lowest BCUT2D eigenvalue weighted by atomic mass is 9.87. The van der Waals surface area contributed by atoms with Crippen LogP contribution < -0.4 is 5.32 Å². The van der Waals surface area contributed by atoms with Gasteiger partial charge in [-0.15, -0.1) is 0 Å². The average molecular weight is 378 g/mol. The lowest BCUT2D eigenvalue weighted by Gasteiger charge is -2.31. The third-order valence-corrected chi connectivity index (χ3v) is 5.75. The molecule has 4 nitrogen and oxygen atoms in total. The number of hydrogen-bond acceptors (Lipinski definition) is 4. The van der Waals surface area contributed by atoms with E-state index < -0.39 is 0 Å². The number of rotatable bonds is 5. The molecule has 3 heterocycles. The fourth-order valence-electron chi connectivity index (χ4n) is 3.55. The van der Waals surface area contributed by atoms with Gasteiger partial charge >= 0.3 is 0 Å². The van der Waals surface area contributed by atoms with Crippen molar-refractivity contribution in [2.45, 2.75) is 18.9 Å². The van der Waals surface area contributed by atoms with Crippen LogP contribution in [0.25, 0.3) is 11.1 Å². The highest BCUT2D eigenvalue weighted by Gasteiger charge is 2.27. The molecule has 2 aromatic heterocycles. The number of carbonyl (C=O) groups excluding carboxylic acids is 1. The van der Waals surface area contributed by atoms with Gasteiger partial charge in [-0.05, 0) is 70.5 Å². The highest BCUT2D eigenvalue weighted by Crippen LogP contribution is 2.30. The molecule has 3 aromatic rings. The molecule has 1 atom stereocenters. The van der Waals surface area contributed by atoms with Crippen LogP contribution in [0, 0.1) is 5.92 Å². The molecule has 1 unspecified atom stereocenters. The maximum Gasteiger partial charge on any atom is 0.251 e. The molecule has 4 rings (SSSR count). The molecule has 138 valence electrons. The lowest BCUT2D eigenvalue weighted by molar-refractivity contribution is 0.0513. The zero-order valence-electron chi connectivity index (χ0n) is 15.0. The van der Waals surface area contributed by atoms with E-state index in [1.807, 2.05) is 42.6 Å². The number of pyridine rings is 1. The molecule has 1 aliphatic heterocycles. The minimum atomic E-state index is -0.0494. The Balaban J connectivity index is 1.52. The number of amides is 1. The highest BCUT2D eigenvalue weighted by molar-refractivity contribution is 7.08. The van der Waals surface area contributed by atoms with Crippen LogP contribution in [0.2, 0.25) is 0 Å². The van der Waals surface area contributed by atoms with Crippen molar-refractivity contribution in [1.29, 1.82) is 0 Å². The van der Waals surface area contributed by atoms with E-state index >= 15 is 0 Å². The minimum absolute atomic E-state index is 0.0489. The van der Waals surface area contributed by atoms with Crippen molar-refractivity contribution in [2.75, 3.05) is 13.2 Å². The molecule has 1 aromatic carbocycles. The van der Waals surface area contributed by atoms with Crippen molar-refractivity contribution in [2.24, 2.45) is 5.92 Å². The van der Waals surface area contributed by atoms with E-state index in [0.29, 0.717) is 11.5 Å². The topological polar surface area (TPSA) is 51.2 Å². The van der Waals surface area contributed by atoms with Crippen molar-refractivity contribution in [3.63, 3.8) is 0 Å². The van der Waals surface area contributed by atoms with Crippen LogP contribution in [0.3, 0.4) is 0 Å². The van der Waals surface area contributed by atoms with E-state index in [2.05, 4.69) is 27.1 Å². The highest BCUT2D eigenvalue weighted by atomic mass is 32.1. The zero-order valence-corrected chi connectivity index (χ0v) is 15.8. The predicted octanol–water partition coefficient (Wildman–Crippen LogP) is 4.71. The first-order valence-electron chi connectivity index (χ1n) is 9.22. The lowest BCUT2D eigenvalue weighted by Crippen LogP contribution is -2.36. The van der Waals surface area contributed by atoms with Crippen LogP contribution in [0.5, 0.6) is 0 Å². The smallest absolute Gasteiger partial charge is 0.251 e. The Morgan fingerprint density at radius 1 is 1.11 bits per heavy atom. The summed E-state index contributed by atoms with van der Waals surface area (Å²) in [6, 6.07) is 13.8. The molecule has 0 saturated carbocycles. The number of benzene rings is 1. The van der Waals surface area contributed by atoms with Crippen LogP contribution in [-0.4, -0.2) is 24.1 Å². The average Bonchev–Trinajstić information content (AvgIpc) is 3.28. The normalized spacial score (nSPS) is 16.0. The molecule has 0 aliphatic carbocycles. The summed E-state index contributed by atoms with van der Waals surface area (Å²) in [5.74, 6) is 0.309. The van der Waals surface area contributed by atoms with Gasteiger partial charge in [0.25, 0.3) is 5.91 Å². The first kappa shape index (κ1) is 17.9. The number of hydrogen-bond donors (Lipinski definition) is 1. The Labute approximate surface area is 163 Å². The molecular weight excluding hydrogens is 356 g/mol. The minimum Gasteiger partial charge on any atom is -0.381 e. The number of nitrogens with one attached hydrogen (secondary N) is 1. The summed E-state index contributed by atoms with van der Waals surface area (Å²) in [4.78, 5) is 17.1. The van der Waals surface area contributed by atoms with Crippen molar-refractivity contribution in [3.05, 3.63) is 76.7 Å². The van der Waals surface area contributed by atoms with Crippen molar-refractivity contribution in [1.82, 2.24) is 10.3 Å². The van der Waals surface area contributed by atoms with E-state index in [1.54, 1.807) is 17.5 Å². The second kappa shape index (κ2) is 8.46. The molecule has 0 bridgehead atoms. The molecular formula is C22H22N2O2S. The Morgan fingerprint density at radius 3 is 2.59 bits per heavy atom. The van der Waals surface area contributed by atoms with Gasteiger partial charge in [0.15, 0.2) is 0 Å². The fraction of sp³-hybridized carbons (Fsp3) is 0.273. The second-order valence-electron chi connectivity index (χ2n) is 6.78. The molecule has 1 saturated heterocycles. The van der Waals surface area contributed by atoms with Crippen LogP contribution in [0.1, 0.15) is 34.8 Å². The number of aromatic nitrogens is 1. The van der Waals surface area contributed by atoms with Gasteiger partial charge in [-0.3, -0.25) is 9.78 Å². The maximum atomic E-state index is 12.9. The largest absolute Gasteiger partial charge is 0.381 e. The van der Waals surface area contributed by atoms with Gasteiger partial charge in [0.05, 0.1) is 6.04 Å². The quantitative estimate of drug-likeness (QED) is 0.700. The summed E-state index contributed by atoms with van der Waals surface area (Å²) in [7, 11) is 0. The molecule has 5 heteroatoms. The zero-order chi connectivity index (χ0) is 18.5. The first-order valence-corrected chi connectivity index (χ1v) is 10.2. The SMILES string of the molecule is O=C(NC(c1cccnc1)C1CCOCC1)c1ccc(-c2ccsc2)cc1. The molecule has 1 amide bonds. The second-order valence-corrected chi connectivity index (χ2v) is 7.56.